The van der Waals surface area contributed by atoms with Gasteiger partial charge in [-0.1, -0.05) is 19.8 Å². The first-order valence-electron chi connectivity index (χ1n) is 7.54. The minimum atomic E-state index is -0.456. The molecule has 1 atom stereocenters. The van der Waals surface area contributed by atoms with Crippen molar-refractivity contribution in [1.82, 2.24) is 10.2 Å². The van der Waals surface area contributed by atoms with Crippen molar-refractivity contribution >= 4 is 0 Å². The summed E-state index contributed by atoms with van der Waals surface area (Å²) in [5.41, 5.74) is -0.00945. The van der Waals surface area contributed by atoms with Gasteiger partial charge in [-0.15, -0.1) is 0 Å². The standard InChI is InChI=1S/C15H30N2O/c1-13-4-6-15(7-5-13,10-16-3)12-17-9-8-14(2,18)11-17/h13,16,18H,4-12H2,1-3H3. The molecule has 1 aliphatic heterocycles. The summed E-state index contributed by atoms with van der Waals surface area (Å²) in [6, 6.07) is 0. The molecule has 2 N–H and O–H groups in total. The van der Waals surface area contributed by atoms with Crippen molar-refractivity contribution in [2.24, 2.45) is 11.3 Å². The van der Waals surface area contributed by atoms with Crippen LogP contribution in [0.4, 0.5) is 0 Å². The Hall–Kier alpha value is -0.120. The second kappa shape index (κ2) is 5.48. The highest BCUT2D eigenvalue weighted by molar-refractivity contribution is 4.93. The largest absolute Gasteiger partial charge is 0.389 e. The Bertz CT molecular complexity index is 270. The van der Waals surface area contributed by atoms with E-state index in [0.717, 1.165) is 38.5 Å². The van der Waals surface area contributed by atoms with Crippen LogP contribution in [0, 0.1) is 11.3 Å². The van der Waals surface area contributed by atoms with E-state index in [1.165, 1.54) is 25.7 Å². The van der Waals surface area contributed by atoms with Gasteiger partial charge >= 0.3 is 0 Å². The van der Waals surface area contributed by atoms with Gasteiger partial charge in [0.25, 0.3) is 0 Å². The number of aliphatic hydroxyl groups is 1. The lowest BCUT2D eigenvalue weighted by Gasteiger charge is -2.42. The molecule has 2 rings (SSSR count). The fraction of sp³-hybridized carbons (Fsp3) is 1.00. The van der Waals surface area contributed by atoms with Gasteiger partial charge in [0.2, 0.25) is 0 Å². The summed E-state index contributed by atoms with van der Waals surface area (Å²) < 4.78 is 0. The lowest BCUT2D eigenvalue weighted by Crippen LogP contribution is -2.45. The zero-order valence-electron chi connectivity index (χ0n) is 12.3. The number of β-amino-alcohol motifs (C(OH)–C–C–N with tert-alkyl or cyclic N) is 1. The summed E-state index contributed by atoms with van der Waals surface area (Å²) in [4.78, 5) is 2.48. The number of nitrogens with one attached hydrogen (secondary N) is 1. The molecule has 3 heteroatoms. The third kappa shape index (κ3) is 3.46. The first-order valence-corrected chi connectivity index (χ1v) is 7.54. The van der Waals surface area contributed by atoms with Crippen LogP contribution in [0.1, 0.15) is 46.0 Å². The SMILES string of the molecule is CNCC1(CN2CCC(C)(O)C2)CCC(C)CC1. The molecule has 2 aliphatic rings. The maximum atomic E-state index is 10.1. The predicted octanol–water partition coefficient (Wildman–Crippen LogP) is 1.86. The van der Waals surface area contributed by atoms with E-state index in [0.29, 0.717) is 5.41 Å². The molecule has 0 aromatic heterocycles. The van der Waals surface area contributed by atoms with Crippen LogP contribution < -0.4 is 5.32 Å². The summed E-state index contributed by atoms with van der Waals surface area (Å²) >= 11 is 0. The van der Waals surface area contributed by atoms with Gasteiger partial charge in [0, 0.05) is 26.2 Å². The van der Waals surface area contributed by atoms with E-state index in [1.54, 1.807) is 0 Å². The summed E-state index contributed by atoms with van der Waals surface area (Å²) in [7, 11) is 2.07. The number of likely N-dealkylation sites (tertiary alicyclic amines) is 1. The van der Waals surface area contributed by atoms with Crippen molar-refractivity contribution in [3.63, 3.8) is 0 Å². The molecule has 3 nitrogen and oxygen atoms in total. The molecular weight excluding hydrogens is 224 g/mol. The van der Waals surface area contributed by atoms with E-state index in [-0.39, 0.29) is 0 Å². The summed E-state index contributed by atoms with van der Waals surface area (Å²) in [6.45, 7) is 8.56. The van der Waals surface area contributed by atoms with Crippen LogP contribution >= 0.6 is 0 Å². The van der Waals surface area contributed by atoms with Gasteiger partial charge < -0.3 is 10.4 Å². The summed E-state index contributed by atoms with van der Waals surface area (Å²) in [5, 5.41) is 13.5. The Balaban J connectivity index is 1.94. The fourth-order valence-electron chi connectivity index (χ4n) is 3.79. The molecule has 0 bridgehead atoms. The average molecular weight is 254 g/mol. The quantitative estimate of drug-likeness (QED) is 0.804. The molecule has 1 aliphatic carbocycles. The molecule has 2 fully saturated rings. The Kier molecular flexibility index (Phi) is 4.35. The maximum Gasteiger partial charge on any atom is 0.0758 e. The van der Waals surface area contributed by atoms with Crippen molar-refractivity contribution in [2.75, 3.05) is 33.2 Å². The Morgan fingerprint density at radius 2 is 1.94 bits per heavy atom. The van der Waals surface area contributed by atoms with Gasteiger partial charge in [0.15, 0.2) is 0 Å². The second-order valence-corrected chi connectivity index (χ2v) is 7.17. The molecule has 0 aromatic carbocycles. The van der Waals surface area contributed by atoms with Crippen LogP contribution in [-0.2, 0) is 0 Å². The molecule has 0 spiro atoms. The third-order valence-corrected chi connectivity index (χ3v) is 4.98. The van der Waals surface area contributed by atoms with Crippen molar-refractivity contribution in [2.45, 2.75) is 51.6 Å². The van der Waals surface area contributed by atoms with Crippen molar-refractivity contribution in [3.8, 4) is 0 Å². The fourth-order valence-corrected chi connectivity index (χ4v) is 3.79. The monoisotopic (exact) mass is 254 g/mol. The highest BCUT2D eigenvalue weighted by Gasteiger charge is 2.39. The molecule has 1 saturated heterocycles. The van der Waals surface area contributed by atoms with E-state index in [1.807, 2.05) is 6.92 Å². The second-order valence-electron chi connectivity index (χ2n) is 7.17. The van der Waals surface area contributed by atoms with Gasteiger partial charge in [0.05, 0.1) is 5.60 Å². The summed E-state index contributed by atoms with van der Waals surface area (Å²) in [5.74, 6) is 0.900. The lowest BCUT2D eigenvalue weighted by molar-refractivity contribution is 0.0509. The van der Waals surface area contributed by atoms with E-state index in [9.17, 15) is 5.11 Å². The molecular formula is C15H30N2O. The number of hydrogen-bond donors (Lipinski definition) is 2. The van der Waals surface area contributed by atoms with Crippen LogP contribution in [0.15, 0.2) is 0 Å². The van der Waals surface area contributed by atoms with Gasteiger partial charge in [0.1, 0.15) is 0 Å². The highest BCUT2D eigenvalue weighted by atomic mass is 16.3. The minimum absolute atomic E-state index is 0.446. The zero-order chi connectivity index (χ0) is 13.2. The van der Waals surface area contributed by atoms with E-state index in [4.69, 9.17) is 0 Å². The Morgan fingerprint density at radius 3 is 2.44 bits per heavy atom. The third-order valence-electron chi connectivity index (χ3n) is 4.98. The van der Waals surface area contributed by atoms with E-state index < -0.39 is 5.60 Å². The first-order chi connectivity index (χ1) is 8.45. The van der Waals surface area contributed by atoms with Crippen molar-refractivity contribution < 1.29 is 5.11 Å². The smallest absolute Gasteiger partial charge is 0.0758 e. The number of rotatable bonds is 4. The molecule has 0 amide bonds. The molecule has 18 heavy (non-hydrogen) atoms. The minimum Gasteiger partial charge on any atom is -0.389 e. The van der Waals surface area contributed by atoms with Gasteiger partial charge in [-0.2, -0.15) is 0 Å². The number of nitrogens with zero attached hydrogens (tertiary/aromatic N) is 1. The average Bonchev–Trinajstić information content (AvgIpc) is 2.63. The number of hydrogen-bond acceptors (Lipinski definition) is 3. The van der Waals surface area contributed by atoms with Crippen LogP contribution in [-0.4, -0.2) is 48.8 Å². The van der Waals surface area contributed by atoms with Gasteiger partial charge in [-0.05, 0) is 44.6 Å². The topological polar surface area (TPSA) is 35.5 Å². The molecule has 106 valence electrons. The molecule has 0 aromatic rings. The van der Waals surface area contributed by atoms with Crippen molar-refractivity contribution in [3.05, 3.63) is 0 Å². The van der Waals surface area contributed by atoms with Crippen LogP contribution in [0.3, 0.4) is 0 Å². The maximum absolute atomic E-state index is 10.1. The highest BCUT2D eigenvalue weighted by Crippen LogP contribution is 2.40. The predicted molar refractivity (Wildman–Crippen MR) is 75.7 cm³/mol. The molecule has 0 radical (unpaired) electrons. The lowest BCUT2D eigenvalue weighted by atomic mass is 9.70. The van der Waals surface area contributed by atoms with E-state index in [2.05, 4.69) is 24.2 Å². The normalized spacial score (nSPS) is 42.3. The van der Waals surface area contributed by atoms with Gasteiger partial charge in [-0.25, -0.2) is 0 Å². The molecule has 1 heterocycles. The zero-order valence-corrected chi connectivity index (χ0v) is 12.3. The van der Waals surface area contributed by atoms with Crippen molar-refractivity contribution in [1.29, 1.82) is 0 Å². The Morgan fingerprint density at radius 1 is 1.28 bits per heavy atom. The van der Waals surface area contributed by atoms with E-state index >= 15 is 0 Å². The van der Waals surface area contributed by atoms with Gasteiger partial charge in [-0.3, -0.25) is 4.90 Å². The summed E-state index contributed by atoms with van der Waals surface area (Å²) in [6.07, 6.45) is 6.35. The molecule has 1 saturated carbocycles. The van der Waals surface area contributed by atoms with Crippen LogP contribution in [0.5, 0.6) is 0 Å². The Labute approximate surface area is 112 Å². The molecule has 1 unspecified atom stereocenters. The first kappa shape index (κ1) is 14.3. The van der Waals surface area contributed by atoms with Crippen LogP contribution in [0.2, 0.25) is 0 Å². The van der Waals surface area contributed by atoms with Crippen LogP contribution in [0.25, 0.3) is 0 Å².